The van der Waals surface area contributed by atoms with E-state index < -0.39 is 6.10 Å². The van der Waals surface area contributed by atoms with E-state index in [0.29, 0.717) is 18.0 Å². The van der Waals surface area contributed by atoms with Crippen LogP contribution in [-0.2, 0) is 0 Å². The van der Waals surface area contributed by atoms with Crippen LogP contribution in [0.3, 0.4) is 0 Å². The van der Waals surface area contributed by atoms with Crippen molar-refractivity contribution in [2.24, 2.45) is 5.92 Å². The van der Waals surface area contributed by atoms with Crippen LogP contribution in [0.25, 0.3) is 0 Å². The molecule has 0 radical (unpaired) electrons. The third-order valence-corrected chi connectivity index (χ3v) is 3.56. The second-order valence-corrected chi connectivity index (χ2v) is 5.49. The molecule has 1 saturated carbocycles. The topological polar surface area (TPSA) is 49.3 Å². The Bertz CT molecular complexity index is 429. The molecule has 1 atom stereocenters. The molecule has 1 unspecified atom stereocenters. The van der Waals surface area contributed by atoms with Gasteiger partial charge in [0.25, 0.3) is 5.91 Å². The number of hydrogen-bond acceptors (Lipinski definition) is 2. The van der Waals surface area contributed by atoms with Crippen molar-refractivity contribution in [3.8, 4) is 0 Å². The van der Waals surface area contributed by atoms with Crippen LogP contribution in [0, 0.1) is 12.8 Å². The zero-order valence-electron chi connectivity index (χ0n) is 9.74. The lowest BCUT2D eigenvalue weighted by molar-refractivity contribution is 0.0900. The zero-order valence-corrected chi connectivity index (χ0v) is 11.3. The smallest absolute Gasteiger partial charge is 0.251 e. The summed E-state index contributed by atoms with van der Waals surface area (Å²) in [6.07, 6.45) is 1.76. The molecule has 1 fully saturated rings. The molecule has 1 aromatic rings. The molecule has 0 saturated heterocycles. The average molecular weight is 298 g/mol. The van der Waals surface area contributed by atoms with E-state index in [1.165, 1.54) is 0 Å². The van der Waals surface area contributed by atoms with E-state index >= 15 is 0 Å². The van der Waals surface area contributed by atoms with Crippen LogP contribution in [0.5, 0.6) is 0 Å². The van der Waals surface area contributed by atoms with Crippen LogP contribution < -0.4 is 5.32 Å². The number of carbonyl (C=O) groups excluding carboxylic acids is 1. The number of halogens is 1. The molecule has 0 bridgehead atoms. The number of benzene rings is 1. The molecule has 0 spiro atoms. The summed E-state index contributed by atoms with van der Waals surface area (Å²) in [6.45, 7) is 2.25. The largest absolute Gasteiger partial charge is 0.391 e. The highest BCUT2D eigenvalue weighted by atomic mass is 79.9. The van der Waals surface area contributed by atoms with Crippen LogP contribution in [0.15, 0.2) is 22.7 Å². The lowest BCUT2D eigenvalue weighted by Gasteiger charge is -2.12. The minimum absolute atomic E-state index is 0.116. The minimum Gasteiger partial charge on any atom is -0.391 e. The first-order chi connectivity index (χ1) is 8.08. The fraction of sp³-hybridized carbons (Fsp3) is 0.462. The van der Waals surface area contributed by atoms with Gasteiger partial charge in [-0.3, -0.25) is 4.79 Å². The summed E-state index contributed by atoms with van der Waals surface area (Å²) in [5.74, 6) is 0.274. The summed E-state index contributed by atoms with van der Waals surface area (Å²) in [6, 6.07) is 5.55. The highest BCUT2D eigenvalue weighted by Crippen LogP contribution is 2.32. The predicted molar refractivity (Wildman–Crippen MR) is 69.9 cm³/mol. The van der Waals surface area contributed by atoms with Crippen molar-refractivity contribution < 1.29 is 9.90 Å². The Hall–Kier alpha value is -0.870. The highest BCUT2D eigenvalue weighted by Gasteiger charge is 2.29. The van der Waals surface area contributed by atoms with Crippen molar-refractivity contribution in [1.82, 2.24) is 5.32 Å². The summed E-state index contributed by atoms with van der Waals surface area (Å²) < 4.78 is 0.963. The van der Waals surface area contributed by atoms with Gasteiger partial charge in [-0.1, -0.05) is 15.9 Å². The zero-order chi connectivity index (χ0) is 12.4. The van der Waals surface area contributed by atoms with Crippen LogP contribution in [0.1, 0.15) is 28.8 Å². The lowest BCUT2D eigenvalue weighted by atomic mass is 10.1. The summed E-state index contributed by atoms with van der Waals surface area (Å²) in [4.78, 5) is 11.9. The van der Waals surface area contributed by atoms with Gasteiger partial charge in [0.15, 0.2) is 0 Å². The normalized spacial score (nSPS) is 16.6. The molecule has 2 N–H and O–H groups in total. The summed E-state index contributed by atoms with van der Waals surface area (Å²) in [5, 5.41) is 12.5. The Morgan fingerprint density at radius 3 is 2.88 bits per heavy atom. The van der Waals surface area contributed by atoms with Gasteiger partial charge in [-0.25, -0.2) is 0 Å². The van der Waals surface area contributed by atoms with E-state index in [2.05, 4.69) is 21.2 Å². The van der Waals surface area contributed by atoms with Crippen molar-refractivity contribution in [1.29, 1.82) is 0 Å². The van der Waals surface area contributed by atoms with Crippen molar-refractivity contribution in [2.75, 3.05) is 6.54 Å². The standard InChI is InChI=1S/C13H16BrNO2/c1-8-6-10(14)4-5-11(8)13(17)15-7-12(16)9-2-3-9/h4-6,9,12,16H,2-3,7H2,1H3,(H,15,17). The molecule has 2 rings (SSSR count). The summed E-state index contributed by atoms with van der Waals surface area (Å²) in [5.41, 5.74) is 1.59. The molecule has 0 aliphatic heterocycles. The molecule has 17 heavy (non-hydrogen) atoms. The molecule has 4 heteroatoms. The number of rotatable bonds is 4. The maximum absolute atomic E-state index is 11.9. The van der Waals surface area contributed by atoms with Crippen molar-refractivity contribution >= 4 is 21.8 Å². The summed E-state index contributed by atoms with van der Waals surface area (Å²) in [7, 11) is 0. The Balaban J connectivity index is 1.94. The van der Waals surface area contributed by atoms with Crippen LogP contribution in [0.2, 0.25) is 0 Å². The summed E-state index contributed by atoms with van der Waals surface area (Å²) >= 11 is 3.36. The van der Waals surface area contributed by atoms with Gasteiger partial charge in [0.05, 0.1) is 6.10 Å². The maximum atomic E-state index is 11.9. The van der Waals surface area contributed by atoms with Gasteiger partial charge in [0, 0.05) is 16.6 Å². The second-order valence-electron chi connectivity index (χ2n) is 4.57. The molecular formula is C13H16BrNO2. The fourth-order valence-corrected chi connectivity index (χ4v) is 2.30. The van der Waals surface area contributed by atoms with Gasteiger partial charge in [0.1, 0.15) is 0 Å². The fourth-order valence-electron chi connectivity index (χ4n) is 1.82. The van der Waals surface area contributed by atoms with Gasteiger partial charge in [-0.15, -0.1) is 0 Å². The van der Waals surface area contributed by atoms with Gasteiger partial charge in [-0.05, 0) is 49.4 Å². The number of aliphatic hydroxyl groups excluding tert-OH is 1. The molecule has 0 aromatic heterocycles. The molecule has 0 heterocycles. The van der Waals surface area contributed by atoms with E-state index in [9.17, 15) is 9.90 Å². The SMILES string of the molecule is Cc1cc(Br)ccc1C(=O)NCC(O)C1CC1. The van der Waals surface area contributed by atoms with E-state index in [1.807, 2.05) is 19.1 Å². The van der Waals surface area contributed by atoms with Crippen molar-refractivity contribution in [2.45, 2.75) is 25.9 Å². The van der Waals surface area contributed by atoms with Gasteiger partial charge in [0.2, 0.25) is 0 Å². The molecule has 1 aliphatic rings. The number of amides is 1. The number of nitrogens with one attached hydrogen (secondary N) is 1. The molecular weight excluding hydrogens is 282 g/mol. The molecule has 92 valence electrons. The van der Waals surface area contributed by atoms with Gasteiger partial charge >= 0.3 is 0 Å². The predicted octanol–water partition coefficient (Wildman–Crippen LogP) is 2.26. The minimum atomic E-state index is -0.394. The van der Waals surface area contributed by atoms with E-state index in [-0.39, 0.29) is 5.91 Å². The van der Waals surface area contributed by atoms with E-state index in [0.717, 1.165) is 22.9 Å². The Labute approximate surface area is 109 Å². The Morgan fingerprint density at radius 1 is 1.59 bits per heavy atom. The molecule has 1 aromatic carbocycles. The van der Waals surface area contributed by atoms with Crippen LogP contribution >= 0.6 is 15.9 Å². The first-order valence-corrected chi connectivity index (χ1v) is 6.59. The average Bonchev–Trinajstić information content (AvgIpc) is 3.09. The number of aliphatic hydroxyl groups is 1. The number of hydrogen-bond donors (Lipinski definition) is 2. The first kappa shape index (κ1) is 12.6. The van der Waals surface area contributed by atoms with Gasteiger partial charge in [-0.2, -0.15) is 0 Å². The van der Waals surface area contributed by atoms with Crippen molar-refractivity contribution in [3.05, 3.63) is 33.8 Å². The quantitative estimate of drug-likeness (QED) is 0.896. The first-order valence-electron chi connectivity index (χ1n) is 5.80. The van der Waals surface area contributed by atoms with E-state index in [1.54, 1.807) is 6.07 Å². The highest BCUT2D eigenvalue weighted by molar-refractivity contribution is 9.10. The monoisotopic (exact) mass is 297 g/mol. The van der Waals surface area contributed by atoms with E-state index in [4.69, 9.17) is 0 Å². The maximum Gasteiger partial charge on any atom is 0.251 e. The van der Waals surface area contributed by atoms with Crippen LogP contribution in [0.4, 0.5) is 0 Å². The van der Waals surface area contributed by atoms with Crippen LogP contribution in [-0.4, -0.2) is 23.7 Å². The van der Waals surface area contributed by atoms with Gasteiger partial charge < -0.3 is 10.4 Å². The molecule has 3 nitrogen and oxygen atoms in total. The molecule has 1 aliphatic carbocycles. The number of carbonyl (C=O) groups is 1. The second kappa shape index (κ2) is 5.19. The van der Waals surface area contributed by atoms with Crippen molar-refractivity contribution in [3.63, 3.8) is 0 Å². The third-order valence-electron chi connectivity index (χ3n) is 3.07. The Morgan fingerprint density at radius 2 is 2.29 bits per heavy atom. The third kappa shape index (κ3) is 3.30. The lowest BCUT2D eigenvalue weighted by Crippen LogP contribution is -2.33. The Kier molecular flexibility index (Phi) is 3.84. The molecule has 1 amide bonds. The number of aryl methyl sites for hydroxylation is 1.